The second-order valence-corrected chi connectivity index (χ2v) is 5.71. The third-order valence-electron chi connectivity index (χ3n) is 3.50. The molecule has 2 aliphatic rings. The average molecular weight is 229 g/mol. The van der Waals surface area contributed by atoms with Gasteiger partial charge < -0.3 is 19.9 Å². The molecule has 0 amide bonds. The molecule has 0 saturated carbocycles. The van der Waals surface area contributed by atoms with Gasteiger partial charge >= 0.3 is 0 Å². The molecule has 0 aliphatic carbocycles. The first-order valence-corrected chi connectivity index (χ1v) is 6.17. The predicted octanol–water partition coefficient (Wildman–Crippen LogP) is 0.685. The highest BCUT2D eigenvalue weighted by molar-refractivity contribution is 4.89. The third kappa shape index (κ3) is 3.17. The Hall–Kier alpha value is -0.160. The second kappa shape index (κ2) is 4.61. The molecule has 16 heavy (non-hydrogen) atoms. The van der Waals surface area contributed by atoms with E-state index in [1.54, 1.807) is 0 Å². The van der Waals surface area contributed by atoms with Crippen LogP contribution in [0.2, 0.25) is 0 Å². The van der Waals surface area contributed by atoms with Gasteiger partial charge in [0.1, 0.15) is 5.60 Å². The summed E-state index contributed by atoms with van der Waals surface area (Å²) in [4.78, 5) is 0. The summed E-state index contributed by atoms with van der Waals surface area (Å²) in [5, 5.41) is 13.6. The van der Waals surface area contributed by atoms with Crippen LogP contribution in [0.5, 0.6) is 0 Å². The molecule has 2 rings (SSSR count). The number of rotatable bonds is 3. The molecule has 4 heteroatoms. The van der Waals surface area contributed by atoms with Crippen molar-refractivity contribution in [2.24, 2.45) is 0 Å². The minimum Gasteiger partial charge on any atom is -0.386 e. The Morgan fingerprint density at radius 1 is 1.38 bits per heavy atom. The van der Waals surface area contributed by atoms with E-state index in [9.17, 15) is 5.11 Å². The van der Waals surface area contributed by atoms with Gasteiger partial charge in [0.2, 0.25) is 0 Å². The van der Waals surface area contributed by atoms with Crippen molar-refractivity contribution in [3.05, 3.63) is 0 Å². The molecule has 2 N–H and O–H groups in total. The van der Waals surface area contributed by atoms with Crippen LogP contribution in [-0.4, -0.2) is 48.7 Å². The summed E-state index contributed by atoms with van der Waals surface area (Å²) in [6.45, 7) is 6.82. The monoisotopic (exact) mass is 229 g/mol. The fraction of sp³-hybridized carbons (Fsp3) is 1.00. The van der Waals surface area contributed by atoms with Crippen LogP contribution >= 0.6 is 0 Å². The highest BCUT2D eigenvalue weighted by atomic mass is 16.5. The van der Waals surface area contributed by atoms with E-state index >= 15 is 0 Å². The minimum absolute atomic E-state index is 0.0370. The summed E-state index contributed by atoms with van der Waals surface area (Å²) >= 11 is 0. The predicted molar refractivity (Wildman–Crippen MR) is 61.4 cm³/mol. The van der Waals surface area contributed by atoms with Crippen LogP contribution in [0.25, 0.3) is 0 Å². The van der Waals surface area contributed by atoms with Crippen molar-refractivity contribution in [2.75, 3.05) is 26.4 Å². The van der Waals surface area contributed by atoms with Gasteiger partial charge in [-0.05, 0) is 26.7 Å². The Morgan fingerprint density at radius 3 is 2.81 bits per heavy atom. The summed E-state index contributed by atoms with van der Waals surface area (Å²) in [5.41, 5.74) is -0.687. The van der Waals surface area contributed by atoms with Gasteiger partial charge in [0.25, 0.3) is 0 Å². The van der Waals surface area contributed by atoms with Gasteiger partial charge in [-0.2, -0.15) is 0 Å². The Morgan fingerprint density at radius 2 is 2.19 bits per heavy atom. The highest BCUT2D eigenvalue weighted by Gasteiger charge is 2.34. The minimum atomic E-state index is -0.650. The lowest BCUT2D eigenvalue weighted by molar-refractivity contribution is -0.0664. The van der Waals surface area contributed by atoms with Crippen LogP contribution in [0.3, 0.4) is 0 Å². The van der Waals surface area contributed by atoms with Gasteiger partial charge in [-0.1, -0.05) is 0 Å². The van der Waals surface area contributed by atoms with Crippen molar-refractivity contribution in [1.29, 1.82) is 0 Å². The van der Waals surface area contributed by atoms with Crippen LogP contribution in [0, 0.1) is 0 Å². The summed E-state index contributed by atoms with van der Waals surface area (Å²) in [6.07, 6.45) is 2.77. The standard InChI is InChI=1S/C12H23NO3/c1-11(2)7-10(3-5-16-11)13-8-12(14)4-6-15-9-12/h10,13-14H,3-9H2,1-2H3. The van der Waals surface area contributed by atoms with Crippen molar-refractivity contribution in [3.63, 3.8) is 0 Å². The first-order valence-electron chi connectivity index (χ1n) is 6.17. The molecule has 0 aromatic rings. The molecule has 0 radical (unpaired) electrons. The first-order chi connectivity index (χ1) is 7.49. The number of hydrogen-bond donors (Lipinski definition) is 2. The molecule has 2 fully saturated rings. The van der Waals surface area contributed by atoms with Crippen LogP contribution in [0.4, 0.5) is 0 Å². The Kier molecular flexibility index (Phi) is 3.54. The average Bonchev–Trinajstić information content (AvgIpc) is 2.62. The van der Waals surface area contributed by atoms with Gasteiger partial charge in [-0.3, -0.25) is 0 Å². The molecule has 0 aromatic carbocycles. The van der Waals surface area contributed by atoms with Gasteiger partial charge in [0.05, 0.1) is 12.2 Å². The topological polar surface area (TPSA) is 50.7 Å². The number of ether oxygens (including phenoxy) is 2. The zero-order valence-corrected chi connectivity index (χ0v) is 10.3. The molecule has 2 atom stereocenters. The zero-order valence-electron chi connectivity index (χ0n) is 10.3. The van der Waals surface area contributed by atoms with E-state index in [1.807, 2.05) is 0 Å². The van der Waals surface area contributed by atoms with Gasteiger partial charge in [0, 0.05) is 32.2 Å². The fourth-order valence-corrected chi connectivity index (χ4v) is 2.48. The van der Waals surface area contributed by atoms with Crippen molar-refractivity contribution in [1.82, 2.24) is 5.32 Å². The van der Waals surface area contributed by atoms with Crippen LogP contribution in [0.15, 0.2) is 0 Å². The first kappa shape index (κ1) is 12.3. The van der Waals surface area contributed by atoms with Crippen molar-refractivity contribution in [3.8, 4) is 0 Å². The summed E-state index contributed by atoms with van der Waals surface area (Å²) in [6, 6.07) is 0.452. The maximum atomic E-state index is 10.1. The van der Waals surface area contributed by atoms with E-state index in [0.29, 0.717) is 25.8 Å². The van der Waals surface area contributed by atoms with Crippen LogP contribution in [0.1, 0.15) is 33.1 Å². The molecule has 0 spiro atoms. The van der Waals surface area contributed by atoms with E-state index < -0.39 is 5.60 Å². The van der Waals surface area contributed by atoms with E-state index in [4.69, 9.17) is 9.47 Å². The SMILES string of the molecule is CC1(C)CC(NCC2(O)CCOC2)CCO1. The highest BCUT2D eigenvalue weighted by Crippen LogP contribution is 2.25. The normalized spacial score (nSPS) is 38.8. The molecule has 94 valence electrons. The molecule has 2 aliphatic heterocycles. The maximum absolute atomic E-state index is 10.1. The number of aliphatic hydroxyl groups is 1. The maximum Gasteiger partial charge on any atom is 0.102 e. The third-order valence-corrected chi connectivity index (χ3v) is 3.50. The summed E-state index contributed by atoms with van der Waals surface area (Å²) < 4.78 is 10.9. The van der Waals surface area contributed by atoms with Crippen molar-refractivity contribution < 1.29 is 14.6 Å². The Labute approximate surface area is 97.3 Å². The largest absolute Gasteiger partial charge is 0.386 e. The van der Waals surface area contributed by atoms with E-state index in [0.717, 1.165) is 25.9 Å². The van der Waals surface area contributed by atoms with Crippen LogP contribution in [-0.2, 0) is 9.47 Å². The van der Waals surface area contributed by atoms with Crippen molar-refractivity contribution >= 4 is 0 Å². The van der Waals surface area contributed by atoms with E-state index in [-0.39, 0.29) is 5.60 Å². The van der Waals surface area contributed by atoms with Gasteiger partial charge in [-0.15, -0.1) is 0 Å². The Balaban J connectivity index is 1.77. The molecule has 4 nitrogen and oxygen atoms in total. The van der Waals surface area contributed by atoms with Gasteiger partial charge in [-0.25, -0.2) is 0 Å². The quantitative estimate of drug-likeness (QED) is 0.747. The number of nitrogens with one attached hydrogen (secondary N) is 1. The molecule has 2 heterocycles. The van der Waals surface area contributed by atoms with E-state index in [1.165, 1.54) is 0 Å². The summed E-state index contributed by atoms with van der Waals surface area (Å²) in [5.74, 6) is 0. The molecular weight excluding hydrogens is 206 g/mol. The number of hydrogen-bond acceptors (Lipinski definition) is 4. The molecule has 0 bridgehead atoms. The zero-order chi connectivity index (χ0) is 11.6. The summed E-state index contributed by atoms with van der Waals surface area (Å²) in [7, 11) is 0. The van der Waals surface area contributed by atoms with E-state index in [2.05, 4.69) is 19.2 Å². The molecular formula is C12H23NO3. The lowest BCUT2D eigenvalue weighted by atomic mass is 9.93. The lowest BCUT2D eigenvalue weighted by Gasteiger charge is -2.37. The molecule has 0 aromatic heterocycles. The van der Waals surface area contributed by atoms with Crippen LogP contribution < -0.4 is 5.32 Å². The second-order valence-electron chi connectivity index (χ2n) is 5.71. The fourth-order valence-electron chi connectivity index (χ4n) is 2.48. The smallest absolute Gasteiger partial charge is 0.102 e. The van der Waals surface area contributed by atoms with Gasteiger partial charge in [0.15, 0.2) is 0 Å². The molecule has 2 saturated heterocycles. The molecule has 2 unspecified atom stereocenters. The lowest BCUT2D eigenvalue weighted by Crippen LogP contribution is -2.49. The Bertz CT molecular complexity index is 236. The van der Waals surface area contributed by atoms with Crippen molar-refractivity contribution in [2.45, 2.75) is 50.4 Å².